The molecule has 3 atom stereocenters. The zero-order chi connectivity index (χ0) is 23.0. The van der Waals surface area contributed by atoms with Crippen LogP contribution >= 0.6 is 0 Å². The Morgan fingerprint density at radius 3 is 2.61 bits per heavy atom. The fourth-order valence-electron chi connectivity index (χ4n) is 4.17. The lowest BCUT2D eigenvalue weighted by Gasteiger charge is -2.41. The van der Waals surface area contributed by atoms with Gasteiger partial charge in [0.25, 0.3) is 0 Å². The number of likely N-dealkylation sites (N-methyl/N-ethyl adjacent to an activating group) is 2. The molecular weight excluding hydrogens is 400 g/mol. The highest BCUT2D eigenvalue weighted by Gasteiger charge is 2.34. The van der Waals surface area contributed by atoms with Crippen LogP contribution in [0.2, 0.25) is 0 Å². The first-order chi connectivity index (χ1) is 14.9. The second-order valence-corrected chi connectivity index (χ2v) is 7.99. The summed E-state index contributed by atoms with van der Waals surface area (Å²) in [5.41, 5.74) is 8.27. The molecule has 0 radical (unpaired) electrons. The number of hydrogen-bond donors (Lipinski definition) is 2. The maximum atomic E-state index is 14.2. The molecule has 3 N–H and O–H groups in total. The van der Waals surface area contributed by atoms with Crippen molar-refractivity contribution in [2.45, 2.75) is 58.2 Å². The Bertz CT molecular complexity index is 756. The molecule has 1 fully saturated rings. The summed E-state index contributed by atoms with van der Waals surface area (Å²) < 4.78 is 33.7. The Hall–Kier alpha value is -1.80. The second-order valence-electron chi connectivity index (χ2n) is 7.99. The van der Waals surface area contributed by atoms with Crippen LogP contribution in [-0.4, -0.2) is 59.8 Å². The third-order valence-electron chi connectivity index (χ3n) is 5.85. The van der Waals surface area contributed by atoms with E-state index in [9.17, 15) is 13.9 Å². The minimum atomic E-state index is -0.668. The van der Waals surface area contributed by atoms with Gasteiger partial charge < -0.3 is 20.5 Å². The van der Waals surface area contributed by atoms with Crippen molar-refractivity contribution in [3.05, 3.63) is 59.4 Å². The first-order valence-corrected chi connectivity index (χ1v) is 11.2. The second kappa shape index (κ2) is 12.3. The summed E-state index contributed by atoms with van der Waals surface area (Å²) in [7, 11) is 0. The molecule has 1 aliphatic rings. The molecule has 1 aliphatic heterocycles. The maximum Gasteiger partial charge on any atom is 0.129 e. The van der Waals surface area contributed by atoms with Crippen LogP contribution in [0.15, 0.2) is 42.2 Å². The molecule has 1 saturated heterocycles. The normalized spacial score (nSPS) is 22.1. The van der Waals surface area contributed by atoms with Gasteiger partial charge in [0.2, 0.25) is 0 Å². The van der Waals surface area contributed by atoms with Gasteiger partial charge in [-0.3, -0.25) is 4.90 Å². The van der Waals surface area contributed by atoms with E-state index in [-0.39, 0.29) is 18.2 Å². The lowest BCUT2D eigenvalue weighted by molar-refractivity contribution is -0.0497. The first-order valence-electron chi connectivity index (χ1n) is 11.2. The molecular formula is C24H37F2N3O2. The predicted molar refractivity (Wildman–Crippen MR) is 120 cm³/mol. The van der Waals surface area contributed by atoms with E-state index in [1.54, 1.807) is 0 Å². The van der Waals surface area contributed by atoms with Crippen LogP contribution in [0.25, 0.3) is 0 Å². The quantitative estimate of drug-likeness (QED) is 0.549. The number of nitrogens with two attached hydrogens (primary N) is 1. The molecule has 2 rings (SSSR count). The molecule has 5 nitrogen and oxygen atoms in total. The lowest BCUT2D eigenvalue weighted by atomic mass is 9.93. The van der Waals surface area contributed by atoms with Gasteiger partial charge in [0.05, 0.1) is 13.2 Å². The number of allylic oxidation sites excluding steroid dienone is 1. The molecule has 1 heterocycles. The Balaban J connectivity index is 2.06. The van der Waals surface area contributed by atoms with Gasteiger partial charge in [-0.2, -0.15) is 0 Å². The van der Waals surface area contributed by atoms with Crippen molar-refractivity contribution in [3.63, 3.8) is 0 Å². The van der Waals surface area contributed by atoms with E-state index < -0.39 is 23.8 Å². The van der Waals surface area contributed by atoms with Gasteiger partial charge in [0.1, 0.15) is 17.7 Å². The molecule has 0 saturated carbocycles. The molecule has 0 spiro atoms. The van der Waals surface area contributed by atoms with E-state index in [0.717, 1.165) is 49.0 Å². The van der Waals surface area contributed by atoms with Crippen LogP contribution in [0, 0.1) is 11.6 Å². The highest BCUT2D eigenvalue weighted by molar-refractivity contribution is 5.23. The fraction of sp³-hybridized carbons (Fsp3) is 0.583. The van der Waals surface area contributed by atoms with E-state index in [0.29, 0.717) is 26.1 Å². The zero-order valence-electron chi connectivity index (χ0n) is 19.0. The predicted octanol–water partition coefficient (Wildman–Crippen LogP) is 3.96. The topological polar surface area (TPSA) is 62.0 Å². The number of nitrogens with zero attached hydrogens (tertiary/aromatic N) is 2. The summed E-state index contributed by atoms with van der Waals surface area (Å²) in [5, 5.41) is 9.80. The van der Waals surface area contributed by atoms with E-state index >= 15 is 0 Å². The fourth-order valence-corrected chi connectivity index (χ4v) is 4.17. The molecule has 1 aromatic rings. The van der Waals surface area contributed by atoms with E-state index in [1.165, 1.54) is 0 Å². The van der Waals surface area contributed by atoms with Gasteiger partial charge in [0, 0.05) is 42.1 Å². The number of halogens is 2. The number of aliphatic hydroxyl groups excluding tert-OH is 1. The van der Waals surface area contributed by atoms with Crippen molar-refractivity contribution in [1.29, 1.82) is 0 Å². The summed E-state index contributed by atoms with van der Waals surface area (Å²) in [6.07, 6.45) is 3.91. The van der Waals surface area contributed by atoms with Crippen LogP contribution in [-0.2, 0) is 4.74 Å². The summed E-state index contributed by atoms with van der Waals surface area (Å²) in [5.74, 6) is -1.01. The van der Waals surface area contributed by atoms with E-state index in [1.807, 2.05) is 11.8 Å². The number of hydrogen-bond acceptors (Lipinski definition) is 5. The molecule has 0 aromatic heterocycles. The van der Waals surface area contributed by atoms with Crippen molar-refractivity contribution in [2.75, 3.05) is 32.8 Å². The number of aliphatic hydroxyl groups is 1. The largest absolute Gasteiger partial charge is 0.390 e. The molecule has 31 heavy (non-hydrogen) atoms. The number of ether oxygens (including phenoxy) is 1. The van der Waals surface area contributed by atoms with Gasteiger partial charge >= 0.3 is 0 Å². The highest BCUT2D eigenvalue weighted by Crippen LogP contribution is 2.31. The molecule has 1 aromatic carbocycles. The third kappa shape index (κ3) is 6.59. The Kier molecular flexibility index (Phi) is 10.1. The molecule has 0 aliphatic carbocycles. The standard InChI is InChI=1S/C24H37F2N3O2/c1-5-8-9-19(15-30)29(7-3)17(4)14-28(6-2)20-13-23(27)24(31-16-20)21-12-18(25)10-11-22(21)26/h9-12,20,23-24,30H,4-8,13-16,27H2,1-3H3/b19-9+/t20?,23?,24-/m1/s1. The molecule has 174 valence electrons. The van der Waals surface area contributed by atoms with Crippen molar-refractivity contribution in [1.82, 2.24) is 9.80 Å². The Labute approximate surface area is 185 Å². The summed E-state index contributed by atoms with van der Waals surface area (Å²) in [6, 6.07) is 2.96. The van der Waals surface area contributed by atoms with Crippen LogP contribution in [0.4, 0.5) is 8.78 Å². The Morgan fingerprint density at radius 1 is 1.29 bits per heavy atom. The number of rotatable bonds is 11. The van der Waals surface area contributed by atoms with E-state index in [4.69, 9.17) is 10.5 Å². The van der Waals surface area contributed by atoms with E-state index in [2.05, 4.69) is 31.4 Å². The lowest BCUT2D eigenvalue weighted by Crippen LogP contribution is -2.50. The van der Waals surface area contributed by atoms with Gasteiger partial charge in [0.15, 0.2) is 0 Å². The molecule has 2 unspecified atom stereocenters. The van der Waals surface area contributed by atoms with Crippen LogP contribution < -0.4 is 5.73 Å². The number of benzene rings is 1. The maximum absolute atomic E-state index is 14.2. The smallest absolute Gasteiger partial charge is 0.129 e. The van der Waals surface area contributed by atoms with Crippen LogP contribution in [0.3, 0.4) is 0 Å². The van der Waals surface area contributed by atoms with Crippen LogP contribution in [0.5, 0.6) is 0 Å². The molecule has 7 heteroatoms. The first kappa shape index (κ1) is 25.5. The average molecular weight is 438 g/mol. The molecule has 0 bridgehead atoms. The summed E-state index contributed by atoms with van der Waals surface area (Å²) >= 11 is 0. The summed E-state index contributed by atoms with van der Waals surface area (Å²) in [4.78, 5) is 4.28. The minimum absolute atomic E-state index is 0.0305. The zero-order valence-corrected chi connectivity index (χ0v) is 19.0. The third-order valence-corrected chi connectivity index (χ3v) is 5.85. The highest BCUT2D eigenvalue weighted by atomic mass is 19.1. The van der Waals surface area contributed by atoms with Crippen molar-refractivity contribution in [3.8, 4) is 0 Å². The van der Waals surface area contributed by atoms with Gasteiger partial charge in [-0.1, -0.05) is 32.9 Å². The average Bonchev–Trinajstić information content (AvgIpc) is 2.76. The van der Waals surface area contributed by atoms with Crippen molar-refractivity contribution < 1.29 is 18.6 Å². The number of unbranched alkanes of at least 4 members (excludes halogenated alkanes) is 1. The van der Waals surface area contributed by atoms with Gasteiger partial charge in [-0.25, -0.2) is 8.78 Å². The van der Waals surface area contributed by atoms with Gasteiger partial charge in [-0.05, 0) is 44.5 Å². The molecule has 0 amide bonds. The van der Waals surface area contributed by atoms with Crippen molar-refractivity contribution in [2.24, 2.45) is 5.73 Å². The summed E-state index contributed by atoms with van der Waals surface area (Å²) in [6.45, 7) is 12.9. The van der Waals surface area contributed by atoms with Crippen molar-refractivity contribution >= 4 is 0 Å². The minimum Gasteiger partial charge on any atom is -0.390 e. The Morgan fingerprint density at radius 2 is 2.03 bits per heavy atom. The van der Waals surface area contributed by atoms with Gasteiger partial charge in [-0.15, -0.1) is 0 Å². The van der Waals surface area contributed by atoms with Crippen LogP contribution in [0.1, 0.15) is 51.7 Å². The SMILES string of the molecule is C=C(CN(CC)C1CO[C@H](c2cc(F)ccc2F)C(N)C1)N(CC)/C(=C/CCC)CO. The monoisotopic (exact) mass is 437 g/mol.